The summed E-state index contributed by atoms with van der Waals surface area (Å²) in [5.74, 6) is 1.49. The molecule has 0 radical (unpaired) electrons. The molecule has 1 aliphatic heterocycles. The fraction of sp³-hybridized carbons (Fsp3) is 0.222. The molecule has 166 valence electrons. The lowest BCUT2D eigenvalue weighted by molar-refractivity contribution is 0.0742. The van der Waals surface area contributed by atoms with E-state index < -0.39 is 0 Å². The Labute approximate surface area is 193 Å². The molecule has 1 aliphatic rings. The van der Waals surface area contributed by atoms with E-state index in [0.29, 0.717) is 44.1 Å². The minimum atomic E-state index is 0.0103. The van der Waals surface area contributed by atoms with Crippen molar-refractivity contribution in [2.24, 2.45) is 0 Å². The SMILES string of the molecule is CCOc1ccccc1C(=O)N1CCN(c2ccc(-c3cccc4ccccc34)nn2)CC1. The van der Waals surface area contributed by atoms with Gasteiger partial charge >= 0.3 is 0 Å². The summed E-state index contributed by atoms with van der Waals surface area (Å²) < 4.78 is 5.64. The Kier molecular flexibility index (Phi) is 5.89. The summed E-state index contributed by atoms with van der Waals surface area (Å²) in [5.41, 5.74) is 2.56. The Morgan fingerprint density at radius 2 is 1.61 bits per heavy atom. The molecule has 6 heteroatoms. The molecule has 2 heterocycles. The van der Waals surface area contributed by atoms with Crippen molar-refractivity contribution < 1.29 is 9.53 Å². The lowest BCUT2D eigenvalue weighted by Crippen LogP contribution is -2.49. The van der Waals surface area contributed by atoms with Crippen LogP contribution in [0.15, 0.2) is 78.9 Å². The first-order valence-corrected chi connectivity index (χ1v) is 11.3. The van der Waals surface area contributed by atoms with Crippen LogP contribution in [0.2, 0.25) is 0 Å². The molecule has 6 nitrogen and oxygen atoms in total. The summed E-state index contributed by atoms with van der Waals surface area (Å²) in [6.07, 6.45) is 0. The Morgan fingerprint density at radius 3 is 2.39 bits per heavy atom. The van der Waals surface area contributed by atoms with Crippen molar-refractivity contribution in [3.63, 3.8) is 0 Å². The van der Waals surface area contributed by atoms with Crippen LogP contribution in [0.1, 0.15) is 17.3 Å². The Bertz CT molecular complexity index is 1260. The molecule has 1 aromatic heterocycles. The van der Waals surface area contributed by atoms with Crippen LogP contribution in [0, 0.1) is 0 Å². The van der Waals surface area contributed by atoms with E-state index in [1.54, 1.807) is 0 Å². The van der Waals surface area contributed by atoms with Gasteiger partial charge in [0.2, 0.25) is 0 Å². The number of anilines is 1. The first kappa shape index (κ1) is 20.9. The van der Waals surface area contributed by atoms with Crippen LogP contribution in [-0.4, -0.2) is 53.8 Å². The number of nitrogens with zero attached hydrogens (tertiary/aromatic N) is 4. The van der Waals surface area contributed by atoms with E-state index in [1.165, 1.54) is 10.8 Å². The predicted octanol–water partition coefficient (Wildman–Crippen LogP) is 4.66. The molecule has 0 saturated carbocycles. The van der Waals surface area contributed by atoms with Crippen LogP contribution in [0.4, 0.5) is 5.82 Å². The molecule has 0 atom stereocenters. The van der Waals surface area contributed by atoms with Gasteiger partial charge in [0, 0.05) is 31.7 Å². The highest BCUT2D eigenvalue weighted by Crippen LogP contribution is 2.28. The number of aromatic nitrogens is 2. The van der Waals surface area contributed by atoms with E-state index in [0.717, 1.165) is 17.1 Å². The molecule has 1 fully saturated rings. The molecule has 0 unspecified atom stereocenters. The van der Waals surface area contributed by atoms with Crippen LogP contribution >= 0.6 is 0 Å². The predicted molar refractivity (Wildman–Crippen MR) is 131 cm³/mol. The molecule has 0 spiro atoms. The molecular weight excluding hydrogens is 412 g/mol. The van der Waals surface area contributed by atoms with Crippen molar-refractivity contribution in [3.8, 4) is 17.0 Å². The van der Waals surface area contributed by atoms with Crippen LogP contribution in [0.5, 0.6) is 5.75 Å². The van der Waals surface area contributed by atoms with Crippen LogP contribution in [-0.2, 0) is 0 Å². The van der Waals surface area contributed by atoms with Gasteiger partial charge in [-0.2, -0.15) is 0 Å². The van der Waals surface area contributed by atoms with Gasteiger partial charge in [-0.05, 0) is 42.0 Å². The number of carbonyl (C=O) groups excluding carboxylic acids is 1. The highest BCUT2D eigenvalue weighted by molar-refractivity contribution is 5.97. The number of piperazine rings is 1. The lowest BCUT2D eigenvalue weighted by Gasteiger charge is -2.35. The van der Waals surface area contributed by atoms with Gasteiger partial charge in [-0.25, -0.2) is 0 Å². The van der Waals surface area contributed by atoms with Crippen molar-refractivity contribution in [1.82, 2.24) is 15.1 Å². The molecule has 3 aromatic carbocycles. The maximum absolute atomic E-state index is 13.0. The maximum Gasteiger partial charge on any atom is 0.257 e. The largest absolute Gasteiger partial charge is 0.493 e. The van der Waals surface area contributed by atoms with E-state index in [4.69, 9.17) is 4.74 Å². The normalized spacial score (nSPS) is 13.8. The molecule has 0 bridgehead atoms. The first-order valence-electron chi connectivity index (χ1n) is 11.3. The molecular formula is C27H26N4O2. The van der Waals surface area contributed by atoms with Crippen LogP contribution in [0.25, 0.3) is 22.0 Å². The number of carbonyl (C=O) groups is 1. The number of amides is 1. The molecule has 4 aromatic rings. The number of hydrogen-bond donors (Lipinski definition) is 0. The summed E-state index contributed by atoms with van der Waals surface area (Å²) in [5, 5.41) is 11.4. The van der Waals surface area contributed by atoms with E-state index in [2.05, 4.69) is 39.4 Å². The average molecular weight is 439 g/mol. The Balaban J connectivity index is 1.28. The maximum atomic E-state index is 13.0. The van der Waals surface area contributed by atoms with E-state index >= 15 is 0 Å². The average Bonchev–Trinajstić information content (AvgIpc) is 2.89. The number of rotatable bonds is 5. The Morgan fingerprint density at radius 1 is 0.848 bits per heavy atom. The number of benzene rings is 3. The van der Waals surface area contributed by atoms with Gasteiger partial charge < -0.3 is 14.5 Å². The number of para-hydroxylation sites is 1. The number of hydrogen-bond acceptors (Lipinski definition) is 5. The summed E-state index contributed by atoms with van der Waals surface area (Å²) >= 11 is 0. The third-order valence-corrected chi connectivity index (χ3v) is 6.02. The van der Waals surface area contributed by atoms with Gasteiger partial charge in [-0.15, -0.1) is 10.2 Å². The van der Waals surface area contributed by atoms with Crippen molar-refractivity contribution in [2.75, 3.05) is 37.7 Å². The topological polar surface area (TPSA) is 58.6 Å². The smallest absolute Gasteiger partial charge is 0.257 e. The van der Waals surface area contributed by atoms with Gasteiger partial charge in [-0.3, -0.25) is 4.79 Å². The molecule has 0 N–H and O–H groups in total. The van der Waals surface area contributed by atoms with Gasteiger partial charge in [0.15, 0.2) is 5.82 Å². The summed E-state index contributed by atoms with van der Waals surface area (Å²) in [7, 11) is 0. The zero-order valence-corrected chi connectivity index (χ0v) is 18.6. The third kappa shape index (κ3) is 4.24. The number of fused-ring (bicyclic) bond motifs is 1. The van der Waals surface area contributed by atoms with Crippen molar-refractivity contribution >= 4 is 22.5 Å². The second-order valence-electron chi connectivity index (χ2n) is 8.01. The van der Waals surface area contributed by atoms with E-state index in [1.807, 2.05) is 66.4 Å². The van der Waals surface area contributed by atoms with Crippen LogP contribution < -0.4 is 9.64 Å². The third-order valence-electron chi connectivity index (χ3n) is 6.02. The fourth-order valence-corrected chi connectivity index (χ4v) is 4.32. The molecule has 5 rings (SSSR count). The van der Waals surface area contributed by atoms with Gasteiger partial charge in [0.25, 0.3) is 5.91 Å². The van der Waals surface area contributed by atoms with E-state index in [-0.39, 0.29) is 5.91 Å². The first-order chi connectivity index (χ1) is 16.2. The monoisotopic (exact) mass is 438 g/mol. The zero-order chi connectivity index (χ0) is 22.6. The minimum absolute atomic E-state index is 0.0103. The van der Waals surface area contributed by atoms with Gasteiger partial charge in [-0.1, -0.05) is 54.6 Å². The molecule has 33 heavy (non-hydrogen) atoms. The summed E-state index contributed by atoms with van der Waals surface area (Å²) in [6, 6.07) is 26.0. The number of ether oxygens (including phenoxy) is 1. The molecule has 1 amide bonds. The van der Waals surface area contributed by atoms with Crippen molar-refractivity contribution in [3.05, 3.63) is 84.4 Å². The summed E-state index contributed by atoms with van der Waals surface area (Å²) in [4.78, 5) is 17.1. The highest BCUT2D eigenvalue weighted by Gasteiger charge is 2.25. The summed E-state index contributed by atoms with van der Waals surface area (Å²) in [6.45, 7) is 5.14. The quantitative estimate of drug-likeness (QED) is 0.454. The molecule has 1 saturated heterocycles. The minimum Gasteiger partial charge on any atom is -0.493 e. The standard InChI is InChI=1S/C27H26N4O2/c1-2-33-25-13-6-5-11-23(25)27(32)31-18-16-30(17-19-31)26-15-14-24(28-29-26)22-12-7-9-20-8-3-4-10-21(20)22/h3-15H,2,16-19H2,1H3. The second-order valence-corrected chi connectivity index (χ2v) is 8.01. The van der Waals surface area contributed by atoms with Crippen molar-refractivity contribution in [2.45, 2.75) is 6.92 Å². The fourth-order valence-electron chi connectivity index (χ4n) is 4.32. The lowest BCUT2D eigenvalue weighted by atomic mass is 10.0. The van der Waals surface area contributed by atoms with Gasteiger partial charge in [0.05, 0.1) is 17.9 Å². The highest BCUT2D eigenvalue weighted by atomic mass is 16.5. The zero-order valence-electron chi connectivity index (χ0n) is 18.6. The molecule has 0 aliphatic carbocycles. The second kappa shape index (κ2) is 9.28. The van der Waals surface area contributed by atoms with Crippen LogP contribution in [0.3, 0.4) is 0 Å². The Hall–Kier alpha value is -3.93. The van der Waals surface area contributed by atoms with Crippen molar-refractivity contribution in [1.29, 1.82) is 0 Å². The van der Waals surface area contributed by atoms with Gasteiger partial charge in [0.1, 0.15) is 5.75 Å². The van der Waals surface area contributed by atoms with E-state index in [9.17, 15) is 4.79 Å².